The minimum Gasteiger partial charge on any atom is -0.492 e. The fraction of sp³-hybridized carbons (Fsp3) is 0.368. The molecule has 1 aliphatic rings. The largest absolute Gasteiger partial charge is 0.492 e. The second kappa shape index (κ2) is 8.08. The fourth-order valence-electron chi connectivity index (χ4n) is 3.47. The van der Waals surface area contributed by atoms with Crippen molar-refractivity contribution < 1.29 is 22.6 Å². The van der Waals surface area contributed by atoms with E-state index in [2.05, 4.69) is 15.3 Å². The molecule has 1 N–H and O–H groups in total. The minimum absolute atomic E-state index is 0.0160. The van der Waals surface area contributed by atoms with Crippen molar-refractivity contribution in [2.24, 2.45) is 0 Å². The molecule has 2 aromatic heterocycles. The number of para-hydroxylation sites is 1. The Morgan fingerprint density at radius 2 is 2.10 bits per heavy atom. The molecule has 4 rings (SSSR count). The zero-order chi connectivity index (χ0) is 20.5. The van der Waals surface area contributed by atoms with E-state index in [0.717, 1.165) is 12.8 Å². The molecule has 0 aliphatic carbocycles. The zero-order valence-electron chi connectivity index (χ0n) is 15.5. The maximum absolute atomic E-state index is 14.0. The van der Waals surface area contributed by atoms with Crippen LogP contribution in [0.1, 0.15) is 37.7 Å². The Morgan fingerprint density at radius 1 is 1.28 bits per heavy atom. The van der Waals surface area contributed by atoms with Crippen molar-refractivity contribution in [2.75, 3.05) is 19.0 Å². The molecule has 1 fully saturated rings. The lowest BCUT2D eigenvalue weighted by molar-refractivity contribution is -0.0363. The predicted molar refractivity (Wildman–Crippen MR) is 103 cm³/mol. The Bertz CT molecular complexity index is 1040. The molecule has 6 nitrogen and oxygen atoms in total. The third kappa shape index (κ3) is 3.72. The molecule has 0 spiro atoms. The highest BCUT2D eigenvalue weighted by Crippen LogP contribution is 2.37. The van der Waals surface area contributed by atoms with E-state index in [4.69, 9.17) is 21.1 Å². The number of ether oxygens (including phenoxy) is 2. The normalized spacial score (nSPS) is 17.1. The monoisotopic (exact) mass is 426 g/mol. The van der Waals surface area contributed by atoms with Crippen molar-refractivity contribution in [3.63, 3.8) is 0 Å². The van der Waals surface area contributed by atoms with Crippen LogP contribution in [0.15, 0.2) is 24.3 Å². The first-order chi connectivity index (χ1) is 14.0. The van der Waals surface area contributed by atoms with Gasteiger partial charge in [0.25, 0.3) is 6.43 Å². The Hall–Kier alpha value is -2.52. The first-order valence-corrected chi connectivity index (χ1v) is 9.45. The van der Waals surface area contributed by atoms with E-state index in [1.165, 1.54) is 29.9 Å². The summed E-state index contributed by atoms with van der Waals surface area (Å²) in [5.74, 6) is -1.03. The van der Waals surface area contributed by atoms with Gasteiger partial charge in [-0.1, -0.05) is 17.7 Å². The number of aromatic nitrogens is 3. The summed E-state index contributed by atoms with van der Waals surface area (Å²) < 4.78 is 53.6. The van der Waals surface area contributed by atoms with Gasteiger partial charge in [0.1, 0.15) is 16.9 Å². The number of nitrogens with one attached hydrogen (secondary N) is 1. The SMILES string of the molecule is COc1c(F)cccc1Nc1cc(Cl)nc2c1nc(C(F)F)n2C1CCCCO1. The summed E-state index contributed by atoms with van der Waals surface area (Å²) in [6.45, 7) is 0.471. The number of rotatable bonds is 5. The maximum atomic E-state index is 14.0. The molecule has 1 aliphatic heterocycles. The molecule has 154 valence electrons. The van der Waals surface area contributed by atoms with Crippen molar-refractivity contribution in [1.82, 2.24) is 14.5 Å². The number of alkyl halides is 2. The van der Waals surface area contributed by atoms with E-state index in [1.54, 1.807) is 6.07 Å². The molecule has 1 atom stereocenters. The third-order valence-corrected chi connectivity index (χ3v) is 4.92. The van der Waals surface area contributed by atoms with Crippen LogP contribution in [0.3, 0.4) is 0 Å². The third-order valence-electron chi connectivity index (χ3n) is 4.72. The summed E-state index contributed by atoms with van der Waals surface area (Å²) in [6.07, 6.45) is -1.14. The number of hydrogen-bond donors (Lipinski definition) is 1. The average Bonchev–Trinajstić information content (AvgIpc) is 3.08. The molecule has 3 heterocycles. The van der Waals surface area contributed by atoms with E-state index in [1.807, 2.05) is 0 Å². The Labute approximate surface area is 169 Å². The van der Waals surface area contributed by atoms with E-state index in [0.29, 0.717) is 24.4 Å². The summed E-state index contributed by atoms with van der Waals surface area (Å²) in [5.41, 5.74) is 0.973. The van der Waals surface area contributed by atoms with Gasteiger partial charge in [-0.2, -0.15) is 0 Å². The second-order valence-electron chi connectivity index (χ2n) is 6.57. The first-order valence-electron chi connectivity index (χ1n) is 9.07. The van der Waals surface area contributed by atoms with Crippen LogP contribution in [-0.4, -0.2) is 28.3 Å². The molecule has 0 amide bonds. The van der Waals surface area contributed by atoms with Crippen LogP contribution >= 0.6 is 11.6 Å². The zero-order valence-corrected chi connectivity index (χ0v) is 16.2. The quantitative estimate of drug-likeness (QED) is 0.537. The van der Waals surface area contributed by atoms with Crippen LogP contribution in [0.25, 0.3) is 11.2 Å². The van der Waals surface area contributed by atoms with Gasteiger partial charge in [-0.05, 0) is 31.4 Å². The smallest absolute Gasteiger partial charge is 0.295 e. The Kier molecular flexibility index (Phi) is 5.51. The summed E-state index contributed by atoms with van der Waals surface area (Å²) in [7, 11) is 1.34. The number of hydrogen-bond acceptors (Lipinski definition) is 5. The lowest BCUT2D eigenvalue weighted by Crippen LogP contribution is -2.20. The van der Waals surface area contributed by atoms with Gasteiger partial charge in [0, 0.05) is 12.7 Å². The lowest BCUT2D eigenvalue weighted by atomic mass is 10.2. The number of benzene rings is 1. The molecule has 1 aromatic carbocycles. The molecule has 0 radical (unpaired) electrons. The average molecular weight is 427 g/mol. The number of methoxy groups -OCH3 is 1. The number of fused-ring (bicyclic) bond motifs is 1. The van der Waals surface area contributed by atoms with Crippen molar-refractivity contribution >= 4 is 34.1 Å². The van der Waals surface area contributed by atoms with Gasteiger partial charge in [0.15, 0.2) is 23.0 Å². The van der Waals surface area contributed by atoms with Crippen molar-refractivity contribution in [1.29, 1.82) is 0 Å². The number of imidazole rings is 1. The summed E-state index contributed by atoms with van der Waals surface area (Å²) >= 11 is 6.17. The van der Waals surface area contributed by atoms with E-state index in [-0.39, 0.29) is 22.1 Å². The Balaban J connectivity index is 1.87. The van der Waals surface area contributed by atoms with Gasteiger partial charge in [0.2, 0.25) is 0 Å². The van der Waals surface area contributed by atoms with Crippen LogP contribution in [0.5, 0.6) is 5.75 Å². The van der Waals surface area contributed by atoms with Gasteiger partial charge in [-0.3, -0.25) is 4.57 Å². The summed E-state index contributed by atoms with van der Waals surface area (Å²) in [6, 6.07) is 5.79. The first kappa shape index (κ1) is 19.8. The van der Waals surface area contributed by atoms with Crippen molar-refractivity contribution in [3.8, 4) is 5.75 Å². The van der Waals surface area contributed by atoms with Crippen LogP contribution in [0.4, 0.5) is 24.5 Å². The number of anilines is 2. The van der Waals surface area contributed by atoms with Crippen LogP contribution in [0, 0.1) is 5.82 Å². The van der Waals surface area contributed by atoms with Gasteiger partial charge in [-0.15, -0.1) is 0 Å². The highest BCUT2D eigenvalue weighted by atomic mass is 35.5. The fourth-order valence-corrected chi connectivity index (χ4v) is 3.66. The van der Waals surface area contributed by atoms with E-state index in [9.17, 15) is 13.2 Å². The van der Waals surface area contributed by atoms with E-state index >= 15 is 0 Å². The molecule has 0 saturated carbocycles. The molecule has 10 heteroatoms. The minimum atomic E-state index is -2.83. The van der Waals surface area contributed by atoms with Gasteiger partial charge >= 0.3 is 0 Å². The van der Waals surface area contributed by atoms with E-state index < -0.39 is 24.3 Å². The number of nitrogens with zero attached hydrogens (tertiary/aromatic N) is 3. The molecular formula is C19H18ClF3N4O2. The van der Waals surface area contributed by atoms with Gasteiger partial charge < -0.3 is 14.8 Å². The van der Waals surface area contributed by atoms with Gasteiger partial charge in [0.05, 0.1) is 18.5 Å². The van der Waals surface area contributed by atoms with Gasteiger partial charge in [-0.25, -0.2) is 23.1 Å². The highest BCUT2D eigenvalue weighted by molar-refractivity contribution is 6.30. The summed E-state index contributed by atoms with van der Waals surface area (Å²) in [4.78, 5) is 8.34. The predicted octanol–water partition coefficient (Wildman–Crippen LogP) is 5.61. The standard InChI is InChI=1S/C19H18ClF3N4O2/c1-28-16-10(21)5-4-6-11(16)24-12-9-13(20)25-18-15(12)26-19(17(22)23)27(18)14-7-2-3-8-29-14/h4-6,9,14,17H,2-3,7-8H2,1H3,(H,24,25). The topological polar surface area (TPSA) is 61.2 Å². The molecule has 0 bridgehead atoms. The number of halogens is 4. The molecule has 3 aromatic rings. The molecule has 29 heavy (non-hydrogen) atoms. The van der Waals surface area contributed by atoms with Crippen LogP contribution in [0.2, 0.25) is 5.15 Å². The molecular weight excluding hydrogens is 409 g/mol. The number of pyridine rings is 1. The summed E-state index contributed by atoms with van der Waals surface area (Å²) in [5, 5.41) is 3.06. The highest BCUT2D eigenvalue weighted by Gasteiger charge is 2.29. The van der Waals surface area contributed by atoms with Crippen LogP contribution < -0.4 is 10.1 Å². The maximum Gasteiger partial charge on any atom is 0.295 e. The molecule has 1 unspecified atom stereocenters. The lowest BCUT2D eigenvalue weighted by Gasteiger charge is -2.25. The molecule has 1 saturated heterocycles. The Morgan fingerprint density at radius 3 is 2.79 bits per heavy atom. The van der Waals surface area contributed by atoms with Crippen molar-refractivity contribution in [3.05, 3.63) is 41.1 Å². The second-order valence-corrected chi connectivity index (χ2v) is 6.96. The van der Waals surface area contributed by atoms with Crippen molar-refractivity contribution in [2.45, 2.75) is 31.9 Å². The van der Waals surface area contributed by atoms with Crippen LogP contribution in [-0.2, 0) is 4.74 Å².